The summed E-state index contributed by atoms with van der Waals surface area (Å²) in [5.74, 6) is 0.150. The summed E-state index contributed by atoms with van der Waals surface area (Å²) in [6.45, 7) is 4.12. The van der Waals surface area contributed by atoms with Crippen LogP contribution >= 0.6 is 11.3 Å². The molecule has 1 aliphatic carbocycles. The van der Waals surface area contributed by atoms with E-state index < -0.39 is 5.54 Å². The van der Waals surface area contributed by atoms with E-state index in [1.165, 1.54) is 21.8 Å². The van der Waals surface area contributed by atoms with Crippen molar-refractivity contribution < 1.29 is 9.59 Å². The Hall–Kier alpha value is -2.21. The van der Waals surface area contributed by atoms with Gasteiger partial charge in [-0.1, -0.05) is 29.8 Å². The Morgan fingerprint density at radius 3 is 2.67 bits per heavy atom. The van der Waals surface area contributed by atoms with Gasteiger partial charge in [0.1, 0.15) is 10.5 Å². The summed E-state index contributed by atoms with van der Waals surface area (Å²) >= 11 is 1.53. The number of carbonyl (C=O) groups excluding carboxylic acids is 2. The highest BCUT2D eigenvalue weighted by Crippen LogP contribution is 2.42. The maximum Gasteiger partial charge on any atom is 0.325 e. The van der Waals surface area contributed by atoms with Crippen molar-refractivity contribution in [3.63, 3.8) is 0 Å². The molecular formula is C18H19N3O2S. The molecule has 124 valence electrons. The van der Waals surface area contributed by atoms with Crippen molar-refractivity contribution >= 4 is 23.3 Å². The van der Waals surface area contributed by atoms with E-state index in [0.29, 0.717) is 0 Å². The fourth-order valence-electron chi connectivity index (χ4n) is 3.17. The lowest BCUT2D eigenvalue weighted by molar-refractivity contribution is -0.131. The van der Waals surface area contributed by atoms with Gasteiger partial charge < -0.3 is 5.32 Å². The molecule has 2 aromatic rings. The van der Waals surface area contributed by atoms with E-state index in [4.69, 9.17) is 0 Å². The van der Waals surface area contributed by atoms with E-state index in [0.717, 1.165) is 29.1 Å². The lowest BCUT2D eigenvalue weighted by Gasteiger charge is -2.20. The normalized spacial score (nSPS) is 23.7. The molecule has 1 saturated heterocycles. The molecule has 1 aromatic carbocycles. The molecule has 1 atom stereocenters. The first-order valence-corrected chi connectivity index (χ1v) is 9.01. The Kier molecular flexibility index (Phi) is 3.46. The number of nitrogens with zero attached hydrogens (tertiary/aromatic N) is 2. The summed E-state index contributed by atoms with van der Waals surface area (Å²) < 4.78 is 0. The lowest BCUT2D eigenvalue weighted by Crippen LogP contribution is -2.46. The molecule has 0 radical (unpaired) electrons. The third kappa shape index (κ3) is 2.51. The van der Waals surface area contributed by atoms with Crippen LogP contribution in [-0.4, -0.2) is 27.4 Å². The highest BCUT2D eigenvalue weighted by molar-refractivity contribution is 7.13. The Morgan fingerprint density at radius 2 is 2.00 bits per heavy atom. The van der Waals surface area contributed by atoms with Crippen molar-refractivity contribution in [1.82, 2.24) is 15.2 Å². The topological polar surface area (TPSA) is 62.3 Å². The number of thiazole rings is 1. The van der Waals surface area contributed by atoms with Gasteiger partial charge in [-0.05, 0) is 32.6 Å². The standard InChI is InChI=1S/C18H19N3O2S/c1-11-3-5-12(6-4-11)15-19-14(10-24-15)9-21-16(22)18(2,13-7-8-13)20-17(21)23/h3-6,10,13H,7-9H2,1-2H3,(H,20,23). The number of aryl methyl sites for hydroxylation is 1. The average molecular weight is 341 g/mol. The summed E-state index contributed by atoms with van der Waals surface area (Å²) in [7, 11) is 0. The summed E-state index contributed by atoms with van der Waals surface area (Å²) in [5.41, 5.74) is 2.28. The molecule has 2 heterocycles. The second-order valence-electron chi connectivity index (χ2n) is 6.81. The molecule has 4 rings (SSSR count). The van der Waals surface area contributed by atoms with Crippen molar-refractivity contribution in [3.05, 3.63) is 40.9 Å². The minimum Gasteiger partial charge on any atom is -0.323 e. The second-order valence-corrected chi connectivity index (χ2v) is 7.67. The zero-order valence-electron chi connectivity index (χ0n) is 13.7. The van der Waals surface area contributed by atoms with E-state index in [-0.39, 0.29) is 24.4 Å². The zero-order valence-corrected chi connectivity index (χ0v) is 14.5. The first kappa shape index (κ1) is 15.3. The molecule has 0 spiro atoms. The molecule has 6 heteroatoms. The number of hydrogen-bond donors (Lipinski definition) is 1. The van der Waals surface area contributed by atoms with Gasteiger partial charge >= 0.3 is 6.03 Å². The van der Waals surface area contributed by atoms with Crippen molar-refractivity contribution in [3.8, 4) is 10.6 Å². The monoisotopic (exact) mass is 341 g/mol. The van der Waals surface area contributed by atoms with Gasteiger partial charge in [0.25, 0.3) is 5.91 Å². The number of nitrogens with one attached hydrogen (secondary N) is 1. The molecule has 5 nitrogen and oxygen atoms in total. The molecule has 2 aliphatic rings. The molecule has 3 amide bonds. The van der Waals surface area contributed by atoms with Crippen LogP contribution in [0, 0.1) is 12.8 Å². The molecule has 1 aliphatic heterocycles. The molecule has 2 fully saturated rings. The van der Waals surface area contributed by atoms with Crippen LogP contribution < -0.4 is 5.32 Å². The Balaban J connectivity index is 1.53. The van der Waals surface area contributed by atoms with E-state index >= 15 is 0 Å². The summed E-state index contributed by atoms with van der Waals surface area (Å²) in [6, 6.07) is 7.87. The van der Waals surface area contributed by atoms with Crippen LogP contribution in [-0.2, 0) is 11.3 Å². The first-order chi connectivity index (χ1) is 11.5. The summed E-state index contributed by atoms with van der Waals surface area (Å²) in [4.78, 5) is 30.8. The van der Waals surface area contributed by atoms with Crippen LogP contribution in [0.2, 0.25) is 0 Å². The van der Waals surface area contributed by atoms with Gasteiger partial charge in [-0.3, -0.25) is 9.69 Å². The van der Waals surface area contributed by atoms with Gasteiger partial charge in [0.15, 0.2) is 0 Å². The van der Waals surface area contributed by atoms with Crippen LogP contribution in [0.1, 0.15) is 31.0 Å². The molecule has 1 N–H and O–H groups in total. The fourth-order valence-corrected chi connectivity index (χ4v) is 3.98. The Bertz CT molecular complexity index is 810. The van der Waals surface area contributed by atoms with Crippen molar-refractivity contribution in [2.24, 2.45) is 5.92 Å². The van der Waals surface area contributed by atoms with Crippen molar-refractivity contribution in [1.29, 1.82) is 0 Å². The van der Waals surface area contributed by atoms with Gasteiger partial charge in [-0.25, -0.2) is 9.78 Å². The number of benzene rings is 1. The third-order valence-corrected chi connectivity index (χ3v) is 5.81. The Morgan fingerprint density at radius 1 is 1.29 bits per heavy atom. The number of hydrogen-bond acceptors (Lipinski definition) is 4. The van der Waals surface area contributed by atoms with Crippen LogP contribution in [0.5, 0.6) is 0 Å². The Labute approximate surface area is 144 Å². The zero-order chi connectivity index (χ0) is 16.9. The number of rotatable bonds is 4. The molecular weight excluding hydrogens is 322 g/mol. The summed E-state index contributed by atoms with van der Waals surface area (Å²) in [5, 5.41) is 5.69. The summed E-state index contributed by atoms with van der Waals surface area (Å²) in [6.07, 6.45) is 2.01. The number of carbonyl (C=O) groups is 2. The molecule has 1 saturated carbocycles. The van der Waals surface area contributed by atoms with Gasteiger partial charge in [-0.2, -0.15) is 0 Å². The number of amides is 3. The number of aromatic nitrogens is 1. The van der Waals surface area contributed by atoms with E-state index in [1.54, 1.807) is 0 Å². The third-order valence-electron chi connectivity index (χ3n) is 4.87. The van der Waals surface area contributed by atoms with E-state index in [9.17, 15) is 9.59 Å². The molecule has 1 aromatic heterocycles. The second kappa shape index (κ2) is 5.41. The molecule has 24 heavy (non-hydrogen) atoms. The molecule has 0 bridgehead atoms. The van der Waals surface area contributed by atoms with Gasteiger partial charge in [0.05, 0.1) is 12.2 Å². The van der Waals surface area contributed by atoms with E-state index in [1.807, 2.05) is 31.4 Å². The number of imide groups is 1. The van der Waals surface area contributed by atoms with Crippen LogP contribution in [0.4, 0.5) is 4.79 Å². The van der Waals surface area contributed by atoms with E-state index in [2.05, 4.69) is 22.4 Å². The predicted molar refractivity (Wildman–Crippen MR) is 92.5 cm³/mol. The van der Waals surface area contributed by atoms with Crippen LogP contribution in [0.25, 0.3) is 10.6 Å². The average Bonchev–Trinajstić information content (AvgIpc) is 3.28. The highest BCUT2D eigenvalue weighted by Gasteiger charge is 2.55. The van der Waals surface area contributed by atoms with Crippen molar-refractivity contribution in [2.45, 2.75) is 38.8 Å². The minimum absolute atomic E-state index is 0.125. The van der Waals surface area contributed by atoms with Gasteiger partial charge in [0, 0.05) is 10.9 Å². The van der Waals surface area contributed by atoms with Crippen LogP contribution in [0.3, 0.4) is 0 Å². The quantitative estimate of drug-likeness (QED) is 0.868. The highest BCUT2D eigenvalue weighted by atomic mass is 32.1. The lowest BCUT2D eigenvalue weighted by atomic mass is 9.96. The largest absolute Gasteiger partial charge is 0.325 e. The molecule has 1 unspecified atom stereocenters. The smallest absolute Gasteiger partial charge is 0.323 e. The van der Waals surface area contributed by atoms with Crippen LogP contribution in [0.15, 0.2) is 29.6 Å². The maximum atomic E-state index is 12.7. The fraction of sp³-hybridized carbons (Fsp3) is 0.389. The SMILES string of the molecule is Cc1ccc(-c2nc(CN3C(=O)NC(C)(C4CC4)C3=O)cs2)cc1. The maximum absolute atomic E-state index is 12.7. The van der Waals surface area contributed by atoms with Gasteiger partial charge in [0.2, 0.25) is 0 Å². The first-order valence-electron chi connectivity index (χ1n) is 8.13. The minimum atomic E-state index is -0.729. The van der Waals surface area contributed by atoms with Gasteiger partial charge in [-0.15, -0.1) is 11.3 Å². The van der Waals surface area contributed by atoms with Crippen molar-refractivity contribution in [2.75, 3.05) is 0 Å². The predicted octanol–water partition coefficient (Wildman–Crippen LogP) is 3.34. The number of urea groups is 1.